The summed E-state index contributed by atoms with van der Waals surface area (Å²) in [7, 11) is 7.90. The van der Waals surface area contributed by atoms with Gasteiger partial charge < -0.3 is 5.11 Å². The van der Waals surface area contributed by atoms with Gasteiger partial charge >= 0.3 is 44.2 Å². The predicted molar refractivity (Wildman–Crippen MR) is 89.4 cm³/mol. The summed E-state index contributed by atoms with van der Waals surface area (Å²) in [5, 5.41) is 10.8. The predicted octanol–water partition coefficient (Wildman–Crippen LogP) is 4.93. The van der Waals surface area contributed by atoms with E-state index in [2.05, 4.69) is 0 Å². The Kier molecular flexibility index (Phi) is 8.87. The van der Waals surface area contributed by atoms with E-state index in [1.165, 1.54) is 0 Å². The van der Waals surface area contributed by atoms with E-state index in [1.807, 2.05) is 20.8 Å². The summed E-state index contributed by atoms with van der Waals surface area (Å²) in [6.07, 6.45) is -4.40. The fraction of sp³-hybridized carbons (Fsp3) is 0.571. The monoisotopic (exact) mass is 465 g/mol. The van der Waals surface area contributed by atoms with E-state index >= 15 is 0 Å². The van der Waals surface area contributed by atoms with E-state index in [1.54, 1.807) is 31.3 Å². The molecular weight excluding hydrogens is 445 g/mol. The van der Waals surface area contributed by atoms with Crippen LogP contribution < -0.4 is 5.19 Å². The summed E-state index contributed by atoms with van der Waals surface area (Å²) in [4.78, 5) is 0. The number of hydrogen-bond acceptors (Lipinski definition) is 2. The normalized spacial score (nSPS) is 12.7. The molecule has 1 rings (SSSR count). The van der Waals surface area contributed by atoms with E-state index in [0.717, 1.165) is 7.05 Å². The molecule has 0 aliphatic carbocycles. The molecule has 0 atom stereocenters. The van der Waals surface area contributed by atoms with Crippen LogP contribution in [0, 0.1) is 0 Å². The topological polar surface area (TPSA) is 23.5 Å². The van der Waals surface area contributed by atoms with Gasteiger partial charge in [-0.3, -0.25) is 0 Å². The molecule has 1 aromatic rings. The first kappa shape index (κ1) is 23.4. The molecule has 1 N–H and O–H groups in total. The number of para-hydroxylation sites is 1. The quantitative estimate of drug-likeness (QED) is 0.493. The van der Waals surface area contributed by atoms with Gasteiger partial charge in [0.1, 0.15) is 5.75 Å². The zero-order valence-electron chi connectivity index (χ0n) is 14.0. The molecule has 9 heteroatoms. The van der Waals surface area contributed by atoms with Gasteiger partial charge in [-0.25, -0.2) is 4.57 Å². The van der Waals surface area contributed by atoms with Crippen molar-refractivity contribution in [2.45, 2.75) is 45.6 Å². The molecule has 0 radical (unpaired) electrons. The minimum absolute atomic E-state index is 0.00670. The van der Waals surface area contributed by atoms with Crippen molar-refractivity contribution in [1.29, 1.82) is 0 Å². The van der Waals surface area contributed by atoms with E-state index in [0.29, 0.717) is 15.3 Å². The van der Waals surface area contributed by atoms with Crippen LogP contribution in [0.3, 0.4) is 0 Å². The van der Waals surface area contributed by atoms with Crippen molar-refractivity contribution in [1.82, 2.24) is 4.57 Å². The van der Waals surface area contributed by atoms with E-state index in [4.69, 9.17) is 17.0 Å². The molecule has 0 unspecified atom stereocenters. The molecule has 0 heterocycles. The van der Waals surface area contributed by atoms with Crippen LogP contribution in [0.25, 0.3) is 0 Å². The minimum atomic E-state index is -4.40. The number of hydrogen-bond donors (Lipinski definition) is 1. The maximum absolute atomic E-state index is 13.0. The molecule has 132 valence electrons. The van der Waals surface area contributed by atoms with Crippen LogP contribution >= 0.6 is 17.0 Å². The summed E-state index contributed by atoms with van der Waals surface area (Å²) >= 11 is -0.826. The molecule has 0 aromatic heterocycles. The summed E-state index contributed by atoms with van der Waals surface area (Å²) < 4.78 is 39.4. The van der Waals surface area contributed by atoms with Crippen molar-refractivity contribution in [3.05, 3.63) is 23.8 Å². The van der Waals surface area contributed by atoms with Crippen molar-refractivity contribution < 1.29 is 39.1 Å². The van der Waals surface area contributed by atoms with E-state index < -0.39 is 35.4 Å². The Morgan fingerprint density at radius 3 is 1.91 bits per heavy atom. The van der Waals surface area contributed by atoms with Gasteiger partial charge in [0, 0.05) is 0 Å². The number of aromatic hydroxyl groups is 1. The first-order valence-electron chi connectivity index (χ1n) is 6.81. The third kappa shape index (κ3) is 6.35. The van der Waals surface area contributed by atoms with Gasteiger partial charge in [-0.2, -0.15) is 13.2 Å². The van der Waals surface area contributed by atoms with Crippen LogP contribution in [0.1, 0.15) is 26.3 Å². The van der Waals surface area contributed by atoms with Gasteiger partial charge in [-0.1, -0.05) is 52.1 Å². The molecule has 2 nitrogen and oxygen atoms in total. The number of nitrogens with zero attached hydrogens (tertiary/aromatic N) is 1. The van der Waals surface area contributed by atoms with Gasteiger partial charge in [-0.15, -0.1) is 0 Å². The Hall–Kier alpha value is 0.450. The average Bonchev–Trinajstić information content (AvgIpc) is 2.36. The summed E-state index contributed by atoms with van der Waals surface area (Å²) in [5.74, 6) is -0.00670. The zero-order valence-corrected chi connectivity index (χ0v) is 19.0. The van der Waals surface area contributed by atoms with Gasteiger partial charge in [0.05, 0.1) is 0 Å². The van der Waals surface area contributed by atoms with Crippen molar-refractivity contribution in [3.8, 4) is 5.75 Å². The summed E-state index contributed by atoms with van der Waals surface area (Å²) in [5.41, 5.74) is 0.354. The zero-order chi connectivity index (χ0) is 18.6. The van der Waals surface area contributed by atoms with Crippen LogP contribution in [0.2, 0.25) is 13.1 Å². The molecule has 0 aliphatic rings. The first-order valence-corrected chi connectivity index (χ1v) is 16.1. The van der Waals surface area contributed by atoms with Crippen molar-refractivity contribution in [2.24, 2.45) is 0 Å². The standard InChI is InChI=1S/C14H22F3NOSi.2ClH.Zr/c1-13(2,3)10-8-7-9-11(12(10)19)20(5,6)18(4)14(15,16)17;;;/h7-9,19H,1-6H3;2*1H;/q;;;+2/p-2. The maximum atomic E-state index is 13.0. The number of alkyl halides is 3. The molecule has 0 fully saturated rings. The van der Waals surface area contributed by atoms with Gasteiger partial charge in [0.15, 0.2) is 8.24 Å². The van der Waals surface area contributed by atoms with Gasteiger partial charge in [0.2, 0.25) is 0 Å². The average molecular weight is 468 g/mol. The molecule has 0 saturated heterocycles. The Labute approximate surface area is 155 Å². The molecule has 0 saturated carbocycles. The molecule has 0 bridgehead atoms. The number of phenols is 1. The van der Waals surface area contributed by atoms with Crippen molar-refractivity contribution in [2.75, 3.05) is 7.05 Å². The number of benzene rings is 1. The van der Waals surface area contributed by atoms with Gasteiger partial charge in [-0.05, 0) is 23.2 Å². The second-order valence-corrected chi connectivity index (χ2v) is 14.7. The molecule has 0 spiro atoms. The second-order valence-electron chi connectivity index (χ2n) is 6.61. The fourth-order valence-electron chi connectivity index (χ4n) is 2.14. The van der Waals surface area contributed by atoms with Crippen LogP contribution in [-0.2, 0) is 26.3 Å². The Morgan fingerprint density at radius 2 is 1.57 bits per heavy atom. The number of halogens is 5. The van der Waals surface area contributed by atoms with Crippen LogP contribution in [0.15, 0.2) is 18.2 Å². The van der Waals surface area contributed by atoms with Crippen LogP contribution in [0.5, 0.6) is 5.75 Å². The Bertz CT molecular complexity index is 522. The molecule has 1 aromatic carbocycles. The SMILES string of the molecule is CN(C(F)(F)F)[Si](C)(C)c1cccc(C(C)(C)C)c1O.[Cl][Zr][Cl]. The molecule has 23 heavy (non-hydrogen) atoms. The fourth-order valence-corrected chi connectivity index (χ4v) is 4.35. The Balaban J connectivity index is 0.00000149. The van der Waals surface area contributed by atoms with Crippen molar-refractivity contribution >= 4 is 30.4 Å². The first-order chi connectivity index (χ1) is 10.2. The number of phenolic OH excluding ortho intramolecular Hbond substituents is 1. The van der Waals surface area contributed by atoms with Crippen molar-refractivity contribution in [3.63, 3.8) is 0 Å². The number of rotatable bonds is 2. The third-order valence-corrected chi connectivity index (χ3v) is 7.37. The van der Waals surface area contributed by atoms with E-state index in [9.17, 15) is 18.3 Å². The van der Waals surface area contributed by atoms with Crippen LogP contribution in [0.4, 0.5) is 13.2 Å². The van der Waals surface area contributed by atoms with Crippen LogP contribution in [-0.4, -0.2) is 31.3 Å². The molecule has 0 aliphatic heterocycles. The van der Waals surface area contributed by atoms with E-state index in [-0.39, 0.29) is 11.2 Å². The molecule has 0 amide bonds. The molecular formula is C14H22Cl2F3NOSiZr. The third-order valence-electron chi connectivity index (χ3n) is 3.72. The Morgan fingerprint density at radius 1 is 1.13 bits per heavy atom. The summed E-state index contributed by atoms with van der Waals surface area (Å²) in [6, 6.07) is 5.07. The van der Waals surface area contributed by atoms with Gasteiger partial charge in [0.25, 0.3) is 0 Å². The summed E-state index contributed by atoms with van der Waals surface area (Å²) in [6.45, 7) is 8.94. The second kappa shape index (κ2) is 8.70.